The van der Waals surface area contributed by atoms with Gasteiger partial charge in [-0.15, -0.1) is 4.72 Å². The first-order valence-electron chi connectivity index (χ1n) is 8.17. The summed E-state index contributed by atoms with van der Waals surface area (Å²) >= 11 is 1.73. The van der Waals surface area contributed by atoms with Gasteiger partial charge in [-0.2, -0.15) is 11.3 Å². The van der Waals surface area contributed by atoms with Crippen LogP contribution in [0.4, 0.5) is 5.69 Å². The van der Waals surface area contributed by atoms with Gasteiger partial charge in [0.1, 0.15) is 0 Å². The largest absolute Gasteiger partial charge is 0.593 e. The Labute approximate surface area is 147 Å². The molecule has 0 amide bonds. The molecule has 2 aromatic rings. The number of fused-ring (bicyclic) bond motifs is 1. The van der Waals surface area contributed by atoms with E-state index in [-0.39, 0.29) is 5.54 Å². The van der Waals surface area contributed by atoms with Crippen LogP contribution in [-0.2, 0) is 21.2 Å². The number of piperidine rings is 1. The van der Waals surface area contributed by atoms with E-state index in [0.717, 1.165) is 32.5 Å². The molecule has 24 heavy (non-hydrogen) atoms. The summed E-state index contributed by atoms with van der Waals surface area (Å²) < 4.78 is 27.7. The van der Waals surface area contributed by atoms with Crippen molar-refractivity contribution < 1.29 is 8.76 Å². The molecule has 1 spiro atoms. The van der Waals surface area contributed by atoms with Gasteiger partial charge in [-0.05, 0) is 47.4 Å². The lowest BCUT2D eigenvalue weighted by Gasteiger charge is -2.41. The molecule has 4 rings (SSSR count). The van der Waals surface area contributed by atoms with Crippen molar-refractivity contribution in [2.75, 3.05) is 25.0 Å². The van der Waals surface area contributed by atoms with E-state index in [4.69, 9.17) is 0 Å². The molecule has 0 saturated carbocycles. The van der Waals surface area contributed by atoms with Gasteiger partial charge in [0.25, 0.3) is 0 Å². The smallest absolute Gasteiger partial charge is 0.198 e. The second-order valence-electron chi connectivity index (χ2n) is 6.63. The van der Waals surface area contributed by atoms with Crippen molar-refractivity contribution in [1.29, 1.82) is 0 Å². The standard InChI is InChI=1S/C17H21N3O2S2/c21-24(22)16-4-2-1-3-15(16)19-17(13-18-24)6-8-20(9-7-17)11-14-5-10-23-12-14/h1-5,10,12,19H,6-9,11,13H2,(H-,18,21,22). The second kappa shape index (κ2) is 6.24. The maximum atomic E-state index is 12.4. The minimum Gasteiger partial charge on any atom is -0.593 e. The fraction of sp³-hybridized carbons (Fsp3) is 0.412. The number of thiophene rings is 1. The van der Waals surface area contributed by atoms with Crippen molar-refractivity contribution in [2.24, 2.45) is 0 Å². The van der Waals surface area contributed by atoms with Crippen molar-refractivity contribution in [2.45, 2.75) is 29.8 Å². The molecule has 2 N–H and O–H groups in total. The Morgan fingerprint density at radius 2 is 2.04 bits per heavy atom. The average Bonchev–Trinajstić information content (AvgIpc) is 3.05. The molecule has 1 aromatic heterocycles. The minimum absolute atomic E-state index is 0.204. The maximum Gasteiger partial charge on any atom is 0.198 e. The molecule has 3 heterocycles. The summed E-state index contributed by atoms with van der Waals surface area (Å²) in [7, 11) is -3.43. The molecule has 7 heteroatoms. The predicted octanol–water partition coefficient (Wildman–Crippen LogP) is 2.70. The van der Waals surface area contributed by atoms with Gasteiger partial charge in [-0.3, -0.25) is 4.90 Å². The molecule has 2 aliphatic rings. The highest BCUT2D eigenvalue weighted by atomic mass is 32.3. The molecule has 1 aromatic carbocycles. The average molecular weight is 364 g/mol. The first kappa shape index (κ1) is 16.2. The van der Waals surface area contributed by atoms with Gasteiger partial charge in [0.2, 0.25) is 0 Å². The summed E-state index contributed by atoms with van der Waals surface area (Å²) in [4.78, 5) is 2.79. The zero-order valence-electron chi connectivity index (χ0n) is 13.4. The monoisotopic (exact) mass is 363 g/mol. The molecule has 1 saturated heterocycles. The number of para-hydroxylation sites is 1. The highest BCUT2D eigenvalue weighted by Gasteiger charge is 2.41. The quantitative estimate of drug-likeness (QED) is 0.805. The van der Waals surface area contributed by atoms with Gasteiger partial charge in [0, 0.05) is 19.6 Å². The van der Waals surface area contributed by atoms with E-state index < -0.39 is 10.4 Å². The van der Waals surface area contributed by atoms with Crippen molar-refractivity contribution in [1.82, 2.24) is 9.62 Å². The molecule has 0 bridgehead atoms. The maximum absolute atomic E-state index is 12.4. The summed E-state index contributed by atoms with van der Waals surface area (Å²) in [5.74, 6) is 0. The summed E-state index contributed by atoms with van der Waals surface area (Å²) in [6, 6.07) is 9.34. The lowest BCUT2D eigenvalue weighted by Crippen LogP contribution is -2.54. The number of sulfonamides is 1. The highest BCUT2D eigenvalue weighted by Crippen LogP contribution is 2.35. The number of hydrogen-bond acceptors (Lipinski definition) is 5. The van der Waals surface area contributed by atoms with Gasteiger partial charge in [-0.1, -0.05) is 16.3 Å². The third-order valence-corrected chi connectivity index (χ3v) is 7.17. The van der Waals surface area contributed by atoms with Crippen molar-refractivity contribution in [3.63, 3.8) is 0 Å². The van der Waals surface area contributed by atoms with Crippen LogP contribution in [0.15, 0.2) is 46.0 Å². The molecule has 1 atom stereocenters. The van der Waals surface area contributed by atoms with Crippen LogP contribution in [-0.4, -0.2) is 34.6 Å². The normalized spacial score (nSPS) is 26.5. The van der Waals surface area contributed by atoms with Crippen LogP contribution in [0.25, 0.3) is 0 Å². The highest BCUT2D eigenvalue weighted by molar-refractivity contribution is 7.96. The van der Waals surface area contributed by atoms with Gasteiger partial charge in [-0.25, -0.2) is 0 Å². The number of rotatable bonds is 2. The Morgan fingerprint density at radius 1 is 1.25 bits per heavy atom. The Hall–Kier alpha value is -1.25. The van der Waals surface area contributed by atoms with Crippen molar-refractivity contribution in [3.8, 4) is 0 Å². The first-order chi connectivity index (χ1) is 11.6. The van der Waals surface area contributed by atoms with Gasteiger partial charge < -0.3 is 9.87 Å². The SMILES string of the molecule is O=[S+]1([O-])NCC2(CCN(Cc3ccsc3)CC2)Nc2ccccc21. The number of nitrogens with zero attached hydrogens (tertiary/aromatic N) is 1. The van der Waals surface area contributed by atoms with E-state index in [1.165, 1.54) is 5.56 Å². The molecule has 0 aliphatic carbocycles. The van der Waals surface area contributed by atoms with Crippen LogP contribution >= 0.6 is 11.3 Å². The molecular formula is C17H21N3O2S2. The molecular weight excluding hydrogens is 342 g/mol. The van der Waals surface area contributed by atoms with Gasteiger partial charge >= 0.3 is 0 Å². The van der Waals surface area contributed by atoms with Crippen molar-refractivity contribution in [3.05, 3.63) is 46.7 Å². The Bertz CT molecular complexity index is 755. The van der Waals surface area contributed by atoms with E-state index in [1.54, 1.807) is 23.5 Å². The number of anilines is 1. The zero-order valence-corrected chi connectivity index (χ0v) is 15.0. The van der Waals surface area contributed by atoms with Crippen LogP contribution in [0.1, 0.15) is 18.4 Å². The summed E-state index contributed by atoms with van der Waals surface area (Å²) in [6.07, 6.45) is 1.85. The third-order valence-electron chi connectivity index (χ3n) is 4.98. The van der Waals surface area contributed by atoms with E-state index in [9.17, 15) is 8.76 Å². The van der Waals surface area contributed by atoms with Crippen LogP contribution in [0.3, 0.4) is 0 Å². The van der Waals surface area contributed by atoms with Crippen LogP contribution < -0.4 is 10.0 Å². The second-order valence-corrected chi connectivity index (χ2v) is 9.15. The Balaban J connectivity index is 1.50. The minimum atomic E-state index is -3.43. The molecule has 5 nitrogen and oxygen atoms in total. The lowest BCUT2D eigenvalue weighted by molar-refractivity contribution is 0.168. The van der Waals surface area contributed by atoms with E-state index in [2.05, 4.69) is 31.8 Å². The number of hydrogen-bond donors (Lipinski definition) is 2. The van der Waals surface area contributed by atoms with Crippen LogP contribution in [0.5, 0.6) is 0 Å². The van der Waals surface area contributed by atoms with Crippen LogP contribution in [0, 0.1) is 0 Å². The fourth-order valence-electron chi connectivity index (χ4n) is 3.53. The molecule has 1 fully saturated rings. The predicted molar refractivity (Wildman–Crippen MR) is 96.7 cm³/mol. The summed E-state index contributed by atoms with van der Waals surface area (Å²) in [5.41, 5.74) is 1.87. The molecule has 0 radical (unpaired) electrons. The van der Waals surface area contributed by atoms with E-state index in [1.807, 2.05) is 12.1 Å². The van der Waals surface area contributed by atoms with E-state index >= 15 is 0 Å². The molecule has 1 unspecified atom stereocenters. The Morgan fingerprint density at radius 3 is 2.79 bits per heavy atom. The molecule has 2 aliphatic heterocycles. The van der Waals surface area contributed by atoms with Gasteiger partial charge in [0.05, 0.1) is 17.8 Å². The number of benzene rings is 1. The van der Waals surface area contributed by atoms with E-state index in [0.29, 0.717) is 17.1 Å². The first-order valence-corrected chi connectivity index (χ1v) is 10.6. The fourth-order valence-corrected chi connectivity index (χ4v) is 5.47. The van der Waals surface area contributed by atoms with Gasteiger partial charge in [0.15, 0.2) is 15.3 Å². The zero-order chi connectivity index (χ0) is 16.6. The van der Waals surface area contributed by atoms with Crippen LogP contribution in [0.2, 0.25) is 0 Å². The summed E-state index contributed by atoms with van der Waals surface area (Å²) in [6.45, 7) is 3.34. The summed E-state index contributed by atoms with van der Waals surface area (Å²) in [5, 5.41) is 7.85. The number of likely N-dealkylation sites (tertiary alicyclic amines) is 1. The number of nitrogens with one attached hydrogen (secondary N) is 2. The van der Waals surface area contributed by atoms with Crippen molar-refractivity contribution >= 4 is 27.4 Å². The molecule has 128 valence electrons. The lowest BCUT2D eigenvalue weighted by atomic mass is 9.87. The third kappa shape index (κ3) is 3.14. The Kier molecular flexibility index (Phi) is 4.22. The topological polar surface area (TPSA) is 67.4 Å².